The van der Waals surface area contributed by atoms with Gasteiger partial charge in [-0.15, -0.1) is 10.2 Å². The van der Waals surface area contributed by atoms with Crippen LogP contribution in [0.5, 0.6) is 0 Å². The molecule has 0 saturated carbocycles. The molecule has 0 aliphatic carbocycles. The van der Waals surface area contributed by atoms with Crippen molar-refractivity contribution in [1.29, 1.82) is 0 Å². The van der Waals surface area contributed by atoms with Crippen molar-refractivity contribution < 1.29 is 13.6 Å². The molecule has 5 rings (SSSR count). The molecule has 3 aromatic rings. The van der Waals surface area contributed by atoms with Crippen molar-refractivity contribution in [2.45, 2.75) is 51.6 Å². The molecule has 5 heterocycles. The first kappa shape index (κ1) is 27.5. The first-order valence-corrected chi connectivity index (χ1v) is 13.8. The Bertz CT molecular complexity index is 1410. The van der Waals surface area contributed by atoms with Crippen molar-refractivity contribution in [3.05, 3.63) is 50.2 Å². The summed E-state index contributed by atoms with van der Waals surface area (Å²) in [5.74, 6) is 0.133. The lowest BCUT2D eigenvalue weighted by atomic mass is 9.97. The maximum absolute atomic E-state index is 13.9. The maximum atomic E-state index is 13.9. The highest BCUT2D eigenvalue weighted by Crippen LogP contribution is 2.30. The molecule has 2 aliphatic heterocycles. The van der Waals surface area contributed by atoms with Crippen molar-refractivity contribution in [1.82, 2.24) is 34.9 Å². The molecule has 14 heteroatoms. The van der Waals surface area contributed by atoms with Gasteiger partial charge in [-0.05, 0) is 25.3 Å². The van der Waals surface area contributed by atoms with E-state index < -0.39 is 22.4 Å². The molecule has 0 spiro atoms. The van der Waals surface area contributed by atoms with Gasteiger partial charge < -0.3 is 19.2 Å². The van der Waals surface area contributed by atoms with Crippen molar-refractivity contribution in [3.8, 4) is 11.6 Å². The third-order valence-electron chi connectivity index (χ3n) is 7.40. The van der Waals surface area contributed by atoms with Crippen molar-refractivity contribution >= 4 is 34.9 Å². The number of pyridine rings is 1. The van der Waals surface area contributed by atoms with E-state index in [-0.39, 0.29) is 22.8 Å². The Labute approximate surface area is 234 Å². The van der Waals surface area contributed by atoms with Crippen LogP contribution < -0.4 is 10.5 Å². The second-order valence-corrected chi connectivity index (χ2v) is 10.4. The van der Waals surface area contributed by atoms with Gasteiger partial charge in [-0.1, -0.05) is 37.0 Å². The minimum absolute atomic E-state index is 0.232. The summed E-state index contributed by atoms with van der Waals surface area (Å²) in [5.41, 5.74) is -0.483. The van der Waals surface area contributed by atoms with Crippen LogP contribution in [-0.4, -0.2) is 85.7 Å². The van der Waals surface area contributed by atoms with E-state index in [0.29, 0.717) is 42.8 Å². The number of aromatic amines is 1. The van der Waals surface area contributed by atoms with Crippen LogP contribution in [0.4, 0.5) is 10.2 Å². The fraction of sp³-hybridized carbons (Fsp3) is 0.520. The summed E-state index contributed by atoms with van der Waals surface area (Å²) in [7, 11) is 0. The van der Waals surface area contributed by atoms with E-state index >= 15 is 0 Å². The molecule has 208 valence electrons. The minimum atomic E-state index is -0.821. The molecule has 11 nitrogen and oxygen atoms in total. The summed E-state index contributed by atoms with van der Waals surface area (Å²) in [4.78, 5) is 42.5. The number of hydrogen-bond donors (Lipinski definition) is 1. The number of aryl methyl sites for hydroxylation is 1. The summed E-state index contributed by atoms with van der Waals surface area (Å²) >= 11 is 12.2. The van der Waals surface area contributed by atoms with Crippen LogP contribution in [0, 0.1) is 5.82 Å². The second kappa shape index (κ2) is 11.6. The fourth-order valence-corrected chi connectivity index (χ4v) is 5.69. The number of piperidine rings is 1. The van der Waals surface area contributed by atoms with Crippen LogP contribution in [0.1, 0.15) is 49.4 Å². The molecule has 1 atom stereocenters. The summed E-state index contributed by atoms with van der Waals surface area (Å²) < 4.78 is 19.4. The largest absolute Gasteiger partial charge is 0.419 e. The normalized spacial score (nSPS) is 19.1. The number of likely N-dealkylation sites (tertiary alicyclic amines) is 1. The van der Waals surface area contributed by atoms with E-state index in [1.165, 1.54) is 0 Å². The van der Waals surface area contributed by atoms with E-state index in [1.54, 1.807) is 11.1 Å². The molecule has 0 aromatic carbocycles. The summed E-state index contributed by atoms with van der Waals surface area (Å²) in [5, 5.41) is 7.86. The average Bonchev–Trinajstić information content (AvgIpc) is 3.44. The van der Waals surface area contributed by atoms with Crippen LogP contribution in [0.25, 0.3) is 11.6 Å². The first-order valence-electron chi connectivity index (χ1n) is 13.0. The number of halogens is 3. The Morgan fingerprint density at radius 2 is 1.95 bits per heavy atom. The van der Waals surface area contributed by atoms with Gasteiger partial charge in [0, 0.05) is 51.2 Å². The Morgan fingerprint density at radius 1 is 1.18 bits per heavy atom. The molecular weight excluding hydrogens is 550 g/mol. The van der Waals surface area contributed by atoms with Crippen LogP contribution in [-0.2, 0) is 6.42 Å². The first-order chi connectivity index (χ1) is 18.8. The Morgan fingerprint density at radius 3 is 2.62 bits per heavy atom. The minimum Gasteiger partial charge on any atom is -0.419 e. The third kappa shape index (κ3) is 5.64. The van der Waals surface area contributed by atoms with Crippen molar-refractivity contribution in [2.75, 3.05) is 37.6 Å². The Kier molecular flexibility index (Phi) is 8.15. The number of carbonyl (C=O) groups excluding carboxylic acids is 1. The standard InChI is InChI=1S/C25H29Cl2FN8O3/c1-3-14-13-35(22-21(27)30-18(12-29-22)24-33-32-19(4-2)39-24)9-10-36(14)15-5-7-34(8-6-15)25(38)16-11-17(28)20(26)31-23(16)37/h11-12,14-15H,3-10,13H2,1-2H3,(H,31,37). The molecular formula is C25H29Cl2FN8O3. The van der Waals surface area contributed by atoms with Crippen LogP contribution in [0.2, 0.25) is 10.3 Å². The zero-order valence-corrected chi connectivity index (χ0v) is 23.2. The number of hydrogen-bond acceptors (Lipinski definition) is 9. The van der Waals surface area contributed by atoms with Crippen LogP contribution >= 0.6 is 23.2 Å². The number of rotatable bonds is 6. The highest BCUT2D eigenvalue weighted by Gasteiger charge is 2.35. The zero-order valence-electron chi connectivity index (χ0n) is 21.7. The predicted octanol–water partition coefficient (Wildman–Crippen LogP) is 3.43. The topological polar surface area (TPSA) is 124 Å². The van der Waals surface area contributed by atoms with Gasteiger partial charge in [-0.3, -0.25) is 14.5 Å². The number of amides is 1. The Balaban J connectivity index is 1.21. The number of nitrogens with zero attached hydrogens (tertiary/aromatic N) is 7. The van der Waals surface area contributed by atoms with E-state index in [1.807, 2.05) is 6.92 Å². The molecule has 3 aromatic heterocycles. The van der Waals surface area contributed by atoms with Crippen LogP contribution in [0.3, 0.4) is 0 Å². The number of anilines is 1. The summed E-state index contributed by atoms with van der Waals surface area (Å²) in [6.45, 7) is 7.32. The lowest BCUT2D eigenvalue weighted by Crippen LogP contribution is -2.59. The highest BCUT2D eigenvalue weighted by molar-refractivity contribution is 6.31. The molecule has 2 aliphatic rings. The summed E-state index contributed by atoms with van der Waals surface area (Å²) in [6, 6.07) is 1.46. The number of H-pyrrole nitrogens is 1. The van der Waals surface area contributed by atoms with Gasteiger partial charge in [0.15, 0.2) is 16.8 Å². The van der Waals surface area contributed by atoms with Crippen molar-refractivity contribution in [3.63, 3.8) is 0 Å². The van der Waals surface area contributed by atoms with E-state index in [9.17, 15) is 14.0 Å². The Hall–Kier alpha value is -3.09. The lowest BCUT2D eigenvalue weighted by Gasteiger charge is -2.47. The van der Waals surface area contributed by atoms with Gasteiger partial charge in [0.25, 0.3) is 17.4 Å². The number of piperazine rings is 1. The number of aromatic nitrogens is 5. The molecule has 39 heavy (non-hydrogen) atoms. The molecule has 1 amide bonds. The molecule has 0 radical (unpaired) electrons. The highest BCUT2D eigenvalue weighted by atomic mass is 35.5. The zero-order chi connectivity index (χ0) is 27.7. The average molecular weight is 579 g/mol. The van der Waals surface area contributed by atoms with Gasteiger partial charge >= 0.3 is 0 Å². The van der Waals surface area contributed by atoms with E-state index in [0.717, 1.165) is 45.0 Å². The molecule has 2 fully saturated rings. The molecule has 1 unspecified atom stereocenters. The van der Waals surface area contributed by atoms with Gasteiger partial charge in [-0.2, -0.15) is 0 Å². The summed E-state index contributed by atoms with van der Waals surface area (Å²) in [6.07, 6.45) is 4.68. The predicted molar refractivity (Wildman–Crippen MR) is 144 cm³/mol. The van der Waals surface area contributed by atoms with Gasteiger partial charge in [0.05, 0.1) is 6.20 Å². The number of nitrogens with one attached hydrogen (secondary N) is 1. The van der Waals surface area contributed by atoms with Gasteiger partial charge in [0.1, 0.15) is 16.4 Å². The SMILES string of the molecule is CCc1nnc(-c2cnc(N3CCN(C4CCN(C(=O)c5cc(F)c(Cl)[nH]c5=O)CC4)C(CC)C3)c(Cl)n2)o1. The fourth-order valence-electron chi connectivity index (χ4n) is 5.29. The van der Waals surface area contributed by atoms with Crippen molar-refractivity contribution in [2.24, 2.45) is 0 Å². The quantitative estimate of drug-likeness (QED) is 0.438. The third-order valence-corrected chi connectivity index (χ3v) is 7.93. The molecule has 1 N–H and O–H groups in total. The van der Waals surface area contributed by atoms with Gasteiger partial charge in [0.2, 0.25) is 5.89 Å². The van der Waals surface area contributed by atoms with E-state index in [2.05, 4.69) is 41.9 Å². The smallest absolute Gasteiger partial charge is 0.267 e. The maximum Gasteiger partial charge on any atom is 0.267 e. The number of carbonyl (C=O) groups is 1. The lowest BCUT2D eigenvalue weighted by molar-refractivity contribution is 0.0489. The second-order valence-electron chi connectivity index (χ2n) is 9.67. The molecule has 0 bridgehead atoms. The van der Waals surface area contributed by atoms with E-state index in [4.69, 9.17) is 27.6 Å². The monoisotopic (exact) mass is 578 g/mol. The molecule has 2 saturated heterocycles. The van der Waals surface area contributed by atoms with Gasteiger partial charge in [-0.25, -0.2) is 14.4 Å². The van der Waals surface area contributed by atoms with Crippen LogP contribution in [0.15, 0.2) is 21.5 Å².